The zero-order chi connectivity index (χ0) is 17.0. The van der Waals surface area contributed by atoms with Crippen molar-refractivity contribution in [1.29, 1.82) is 0 Å². The number of rotatable bonds is 2. The first-order valence-corrected chi connectivity index (χ1v) is 9.66. The van der Waals surface area contributed by atoms with Crippen LogP contribution >= 0.6 is 0 Å². The quantitative estimate of drug-likeness (QED) is 0.866. The number of nitrogens with zero attached hydrogens (tertiary/aromatic N) is 1. The Morgan fingerprint density at radius 2 is 1.96 bits per heavy atom. The molecule has 2 atom stereocenters. The summed E-state index contributed by atoms with van der Waals surface area (Å²) in [6, 6.07) is 11.5. The van der Waals surface area contributed by atoms with Gasteiger partial charge in [-0.1, -0.05) is 6.07 Å². The molecule has 0 radical (unpaired) electrons. The average Bonchev–Trinajstić information content (AvgIpc) is 3.07. The molecule has 3 nitrogen and oxygen atoms in total. The van der Waals surface area contributed by atoms with Crippen LogP contribution in [0.5, 0.6) is 0 Å². The maximum atomic E-state index is 3.68. The Hall–Kier alpha value is -2.00. The first kappa shape index (κ1) is 15.3. The summed E-state index contributed by atoms with van der Waals surface area (Å²) in [7, 11) is 0. The van der Waals surface area contributed by atoms with Crippen LogP contribution in [0.3, 0.4) is 0 Å². The van der Waals surface area contributed by atoms with Crippen molar-refractivity contribution < 1.29 is 0 Å². The van der Waals surface area contributed by atoms with Crippen LogP contribution in [0.25, 0.3) is 0 Å². The maximum absolute atomic E-state index is 3.68. The normalized spacial score (nSPS) is 24.0. The predicted molar refractivity (Wildman–Crippen MR) is 105 cm³/mol. The van der Waals surface area contributed by atoms with Crippen molar-refractivity contribution in [1.82, 2.24) is 5.32 Å². The van der Waals surface area contributed by atoms with Gasteiger partial charge in [-0.25, -0.2) is 0 Å². The lowest BCUT2D eigenvalue weighted by molar-refractivity contribution is 0.470. The topological polar surface area (TPSA) is 27.3 Å². The molecule has 3 aliphatic heterocycles. The third kappa shape index (κ3) is 2.53. The van der Waals surface area contributed by atoms with Crippen molar-refractivity contribution in [2.75, 3.05) is 36.4 Å². The number of nitrogens with one attached hydrogen (secondary N) is 2. The van der Waals surface area contributed by atoms with Gasteiger partial charge in [-0.15, -0.1) is 0 Å². The lowest BCUT2D eigenvalue weighted by Crippen LogP contribution is -2.40. The molecule has 2 aromatic carbocycles. The molecule has 3 aliphatic rings. The molecular formula is C22H27N3. The molecule has 0 spiro atoms. The van der Waals surface area contributed by atoms with E-state index in [0.29, 0.717) is 5.92 Å². The van der Waals surface area contributed by atoms with E-state index in [9.17, 15) is 0 Å². The van der Waals surface area contributed by atoms with Gasteiger partial charge in [0, 0.05) is 49.2 Å². The summed E-state index contributed by atoms with van der Waals surface area (Å²) in [6.07, 6.45) is 2.50. The molecule has 0 aliphatic carbocycles. The lowest BCUT2D eigenvalue weighted by Gasteiger charge is -2.42. The molecule has 5 rings (SSSR count). The van der Waals surface area contributed by atoms with Crippen LogP contribution in [0.4, 0.5) is 17.1 Å². The number of aryl methyl sites for hydroxylation is 3. The van der Waals surface area contributed by atoms with Gasteiger partial charge in [-0.05, 0) is 79.1 Å². The summed E-state index contributed by atoms with van der Waals surface area (Å²) in [5, 5.41) is 7.30. The lowest BCUT2D eigenvalue weighted by atomic mass is 9.80. The van der Waals surface area contributed by atoms with Crippen molar-refractivity contribution in [3.8, 4) is 0 Å². The molecule has 2 aromatic rings. The van der Waals surface area contributed by atoms with E-state index < -0.39 is 0 Å². The fraction of sp³-hybridized carbons (Fsp3) is 0.455. The monoisotopic (exact) mass is 333 g/mol. The maximum Gasteiger partial charge on any atom is 0.0436 e. The third-order valence-corrected chi connectivity index (χ3v) is 6.40. The molecule has 0 saturated carbocycles. The SMILES string of the molecule is Cc1ccc(Nc2cc3c4c(c2)[C@@H]2CNC[C@@H]2CN4CCC3)cc1C. The number of fused-ring (bicyclic) bond motifs is 2. The summed E-state index contributed by atoms with van der Waals surface area (Å²) < 4.78 is 0. The molecule has 0 amide bonds. The van der Waals surface area contributed by atoms with Crippen LogP contribution in [0.2, 0.25) is 0 Å². The zero-order valence-electron chi connectivity index (χ0n) is 15.2. The third-order valence-electron chi connectivity index (χ3n) is 6.40. The number of hydrogen-bond acceptors (Lipinski definition) is 3. The van der Waals surface area contributed by atoms with Crippen molar-refractivity contribution >= 4 is 17.1 Å². The predicted octanol–water partition coefficient (Wildman–Crippen LogP) is 4.12. The Morgan fingerprint density at radius 3 is 2.84 bits per heavy atom. The van der Waals surface area contributed by atoms with Gasteiger partial charge in [0.05, 0.1) is 0 Å². The summed E-state index contributed by atoms with van der Waals surface area (Å²) >= 11 is 0. The first-order valence-electron chi connectivity index (χ1n) is 9.66. The van der Waals surface area contributed by atoms with Gasteiger partial charge in [0.2, 0.25) is 0 Å². The second-order valence-electron chi connectivity index (χ2n) is 8.07. The molecule has 25 heavy (non-hydrogen) atoms. The van der Waals surface area contributed by atoms with E-state index in [0.717, 1.165) is 12.5 Å². The van der Waals surface area contributed by atoms with E-state index in [2.05, 4.69) is 59.7 Å². The average molecular weight is 333 g/mol. The van der Waals surface area contributed by atoms with E-state index >= 15 is 0 Å². The van der Waals surface area contributed by atoms with E-state index in [4.69, 9.17) is 0 Å². The Kier molecular flexibility index (Phi) is 3.53. The van der Waals surface area contributed by atoms with Gasteiger partial charge in [0.25, 0.3) is 0 Å². The van der Waals surface area contributed by atoms with E-state index in [1.807, 2.05) is 0 Å². The van der Waals surface area contributed by atoms with Crippen LogP contribution in [0.15, 0.2) is 30.3 Å². The largest absolute Gasteiger partial charge is 0.371 e. The number of benzene rings is 2. The molecule has 0 unspecified atom stereocenters. The second-order valence-corrected chi connectivity index (χ2v) is 8.07. The Balaban J connectivity index is 1.56. The summed E-state index contributed by atoms with van der Waals surface area (Å²) in [6.45, 7) is 9.13. The highest BCUT2D eigenvalue weighted by molar-refractivity contribution is 5.73. The minimum atomic E-state index is 0.685. The van der Waals surface area contributed by atoms with E-state index in [1.54, 1.807) is 16.8 Å². The van der Waals surface area contributed by atoms with Crippen LogP contribution < -0.4 is 15.5 Å². The Bertz CT molecular complexity index is 826. The van der Waals surface area contributed by atoms with Crippen LogP contribution in [0, 0.1) is 19.8 Å². The highest BCUT2D eigenvalue weighted by atomic mass is 15.2. The fourth-order valence-corrected chi connectivity index (χ4v) is 4.96. The fourth-order valence-electron chi connectivity index (χ4n) is 4.96. The summed E-state index contributed by atoms with van der Waals surface area (Å²) in [5.74, 6) is 1.46. The minimum absolute atomic E-state index is 0.685. The molecule has 3 heterocycles. The first-order chi connectivity index (χ1) is 12.2. The van der Waals surface area contributed by atoms with Crippen LogP contribution in [-0.4, -0.2) is 26.2 Å². The molecule has 130 valence electrons. The van der Waals surface area contributed by atoms with Crippen LogP contribution in [-0.2, 0) is 6.42 Å². The van der Waals surface area contributed by atoms with Gasteiger partial charge >= 0.3 is 0 Å². The molecule has 3 heteroatoms. The van der Waals surface area contributed by atoms with Crippen LogP contribution in [0.1, 0.15) is 34.6 Å². The number of anilines is 3. The van der Waals surface area contributed by atoms with E-state index in [1.165, 1.54) is 55.0 Å². The summed E-state index contributed by atoms with van der Waals surface area (Å²) in [4.78, 5) is 2.65. The Labute approximate surface area is 150 Å². The highest BCUT2D eigenvalue weighted by Gasteiger charge is 2.38. The van der Waals surface area contributed by atoms with Crippen molar-refractivity contribution in [3.63, 3.8) is 0 Å². The zero-order valence-corrected chi connectivity index (χ0v) is 15.2. The molecule has 1 saturated heterocycles. The number of hydrogen-bond donors (Lipinski definition) is 2. The van der Waals surface area contributed by atoms with Crippen molar-refractivity contribution in [2.45, 2.75) is 32.6 Å². The molecule has 2 N–H and O–H groups in total. The van der Waals surface area contributed by atoms with Gasteiger partial charge in [-0.3, -0.25) is 0 Å². The van der Waals surface area contributed by atoms with Crippen molar-refractivity contribution in [3.05, 3.63) is 52.6 Å². The molecule has 0 bridgehead atoms. The van der Waals surface area contributed by atoms with Gasteiger partial charge in [0.1, 0.15) is 0 Å². The van der Waals surface area contributed by atoms with Crippen molar-refractivity contribution in [2.24, 2.45) is 5.92 Å². The molecule has 1 fully saturated rings. The second kappa shape index (κ2) is 5.77. The highest BCUT2D eigenvalue weighted by Crippen LogP contribution is 2.46. The smallest absolute Gasteiger partial charge is 0.0436 e. The standard InChI is InChI=1S/C22H27N3/c1-14-5-6-18(8-15(14)2)24-19-9-16-4-3-7-25-13-17-11-23-12-21(17)20(10-19)22(16)25/h5-6,8-10,17,21,23-24H,3-4,7,11-13H2,1-2H3/t17-,21-/m1/s1. The molecular weight excluding hydrogens is 306 g/mol. The Morgan fingerprint density at radius 1 is 1.04 bits per heavy atom. The van der Waals surface area contributed by atoms with Gasteiger partial charge < -0.3 is 15.5 Å². The summed E-state index contributed by atoms with van der Waals surface area (Å²) in [5.41, 5.74) is 9.82. The van der Waals surface area contributed by atoms with Gasteiger partial charge in [0.15, 0.2) is 0 Å². The van der Waals surface area contributed by atoms with E-state index in [-0.39, 0.29) is 0 Å². The van der Waals surface area contributed by atoms with Gasteiger partial charge in [-0.2, -0.15) is 0 Å². The molecule has 0 aromatic heterocycles. The minimum Gasteiger partial charge on any atom is -0.371 e.